The summed E-state index contributed by atoms with van der Waals surface area (Å²) in [4.78, 5) is 29.1. The molecule has 0 atom stereocenters. The summed E-state index contributed by atoms with van der Waals surface area (Å²) < 4.78 is 0. The molecule has 1 N–H and O–H groups in total. The van der Waals surface area contributed by atoms with Gasteiger partial charge in [0.25, 0.3) is 0 Å². The highest BCUT2D eigenvalue weighted by atomic mass is 32.1. The standard InChI is InChI=1S/C19H18N2O2S2/c1-13-20-16(12-25-13)14-7-9-15(10-8-14)21-19(23)6-2-4-17(22)18-5-3-11-24-18/h3,5,7-12H,2,4,6H2,1H3,(H,21,23). The summed E-state index contributed by atoms with van der Waals surface area (Å²) in [5.74, 6) is 0.0296. The number of nitrogens with zero attached hydrogens (tertiary/aromatic N) is 1. The quantitative estimate of drug-likeness (QED) is 0.584. The van der Waals surface area contributed by atoms with Crippen LogP contribution < -0.4 is 5.32 Å². The van der Waals surface area contributed by atoms with Crippen molar-refractivity contribution < 1.29 is 9.59 Å². The second-order valence-electron chi connectivity index (χ2n) is 5.63. The van der Waals surface area contributed by atoms with Gasteiger partial charge in [-0.25, -0.2) is 4.98 Å². The molecular formula is C19H18N2O2S2. The number of anilines is 1. The maximum Gasteiger partial charge on any atom is 0.224 e. The fourth-order valence-electron chi connectivity index (χ4n) is 2.41. The number of thiophene rings is 1. The Balaban J connectivity index is 1.47. The minimum Gasteiger partial charge on any atom is -0.326 e. The van der Waals surface area contributed by atoms with Gasteiger partial charge in [-0.3, -0.25) is 9.59 Å². The maximum atomic E-state index is 12.0. The number of thiazole rings is 1. The Bertz CT molecular complexity index is 852. The van der Waals surface area contributed by atoms with Crippen molar-refractivity contribution in [1.82, 2.24) is 4.98 Å². The highest BCUT2D eigenvalue weighted by molar-refractivity contribution is 7.12. The van der Waals surface area contributed by atoms with Crippen LogP contribution in [0.2, 0.25) is 0 Å². The molecule has 25 heavy (non-hydrogen) atoms. The normalized spacial score (nSPS) is 10.6. The van der Waals surface area contributed by atoms with Gasteiger partial charge in [0, 0.05) is 29.5 Å². The molecule has 0 aliphatic rings. The van der Waals surface area contributed by atoms with Crippen molar-refractivity contribution >= 4 is 40.1 Å². The van der Waals surface area contributed by atoms with Crippen molar-refractivity contribution in [2.24, 2.45) is 0 Å². The molecule has 128 valence electrons. The molecule has 0 aliphatic carbocycles. The summed E-state index contributed by atoms with van der Waals surface area (Å²) in [6.45, 7) is 1.98. The number of carbonyl (C=O) groups is 2. The summed E-state index contributed by atoms with van der Waals surface area (Å²) in [5.41, 5.74) is 2.74. The average Bonchev–Trinajstić information content (AvgIpc) is 3.27. The molecule has 2 heterocycles. The zero-order valence-corrected chi connectivity index (χ0v) is 15.5. The van der Waals surface area contributed by atoms with E-state index in [9.17, 15) is 9.59 Å². The number of carbonyl (C=O) groups excluding carboxylic acids is 2. The highest BCUT2D eigenvalue weighted by Gasteiger charge is 2.09. The van der Waals surface area contributed by atoms with Gasteiger partial charge in [0.15, 0.2) is 5.78 Å². The third kappa shape index (κ3) is 4.84. The number of benzene rings is 1. The van der Waals surface area contributed by atoms with Crippen molar-refractivity contribution in [2.45, 2.75) is 26.2 Å². The Hall–Kier alpha value is -2.31. The smallest absolute Gasteiger partial charge is 0.224 e. The summed E-state index contributed by atoms with van der Waals surface area (Å²) in [6.07, 6.45) is 1.29. The lowest BCUT2D eigenvalue weighted by atomic mass is 10.1. The van der Waals surface area contributed by atoms with E-state index in [2.05, 4.69) is 10.3 Å². The monoisotopic (exact) mass is 370 g/mol. The van der Waals surface area contributed by atoms with Gasteiger partial charge in [-0.05, 0) is 36.9 Å². The zero-order chi connectivity index (χ0) is 17.6. The first-order valence-electron chi connectivity index (χ1n) is 8.01. The van der Waals surface area contributed by atoms with Crippen molar-refractivity contribution in [2.75, 3.05) is 5.32 Å². The zero-order valence-electron chi connectivity index (χ0n) is 13.8. The molecule has 6 heteroatoms. The molecule has 3 aromatic rings. The lowest BCUT2D eigenvalue weighted by molar-refractivity contribution is -0.116. The summed E-state index contributed by atoms with van der Waals surface area (Å²) in [6, 6.07) is 11.3. The van der Waals surface area contributed by atoms with Gasteiger partial charge in [0.05, 0.1) is 15.6 Å². The topological polar surface area (TPSA) is 59.1 Å². The molecule has 0 unspecified atom stereocenters. The lowest BCUT2D eigenvalue weighted by Gasteiger charge is -2.06. The molecule has 3 rings (SSSR count). The van der Waals surface area contributed by atoms with Crippen LogP contribution in [0.4, 0.5) is 5.69 Å². The number of hydrogen-bond donors (Lipinski definition) is 1. The first-order chi connectivity index (χ1) is 12.1. The maximum absolute atomic E-state index is 12.0. The van der Waals surface area contributed by atoms with E-state index in [0.717, 1.165) is 26.8 Å². The van der Waals surface area contributed by atoms with Crippen LogP contribution in [0.5, 0.6) is 0 Å². The van der Waals surface area contributed by atoms with Gasteiger partial charge in [-0.2, -0.15) is 0 Å². The van der Waals surface area contributed by atoms with Crippen molar-refractivity contribution in [3.8, 4) is 11.3 Å². The number of amides is 1. The Morgan fingerprint density at radius 2 is 1.88 bits per heavy atom. The molecule has 0 spiro atoms. The average molecular weight is 370 g/mol. The predicted molar refractivity (Wildman–Crippen MR) is 103 cm³/mol. The molecule has 0 bridgehead atoms. The minimum atomic E-state index is -0.0729. The van der Waals surface area contributed by atoms with Crippen LogP contribution in [0.25, 0.3) is 11.3 Å². The third-order valence-corrected chi connectivity index (χ3v) is 5.37. The number of rotatable bonds is 7. The minimum absolute atomic E-state index is 0.0729. The number of ketones is 1. The Morgan fingerprint density at radius 1 is 1.08 bits per heavy atom. The summed E-state index contributed by atoms with van der Waals surface area (Å²) >= 11 is 3.06. The number of hydrogen-bond acceptors (Lipinski definition) is 5. The van der Waals surface area contributed by atoms with Crippen LogP contribution in [-0.4, -0.2) is 16.7 Å². The number of nitrogens with one attached hydrogen (secondary N) is 1. The SMILES string of the molecule is Cc1nc(-c2ccc(NC(=O)CCCC(=O)c3cccs3)cc2)cs1. The Kier molecular flexibility index (Phi) is 5.73. The van der Waals surface area contributed by atoms with E-state index in [0.29, 0.717) is 19.3 Å². The summed E-state index contributed by atoms with van der Waals surface area (Å²) in [5, 5.41) is 7.81. The molecule has 2 aromatic heterocycles. The summed E-state index contributed by atoms with van der Waals surface area (Å²) in [7, 11) is 0. The van der Waals surface area contributed by atoms with Crippen molar-refractivity contribution in [3.63, 3.8) is 0 Å². The van der Waals surface area contributed by atoms with Gasteiger partial charge in [0.2, 0.25) is 5.91 Å². The Morgan fingerprint density at radius 3 is 2.52 bits per heavy atom. The van der Waals surface area contributed by atoms with E-state index in [-0.39, 0.29) is 11.7 Å². The molecular weight excluding hydrogens is 352 g/mol. The molecule has 4 nitrogen and oxygen atoms in total. The molecule has 1 aromatic carbocycles. The molecule has 0 aliphatic heterocycles. The molecule has 1 amide bonds. The molecule has 0 saturated heterocycles. The van der Waals surface area contributed by atoms with Gasteiger partial charge < -0.3 is 5.32 Å². The number of Topliss-reactive ketones (excluding diaryl/α,β-unsaturated/α-hetero) is 1. The number of aromatic nitrogens is 1. The van der Waals surface area contributed by atoms with Crippen LogP contribution in [0.15, 0.2) is 47.2 Å². The van der Waals surface area contributed by atoms with E-state index in [1.807, 2.05) is 54.1 Å². The van der Waals surface area contributed by atoms with E-state index in [1.165, 1.54) is 11.3 Å². The van der Waals surface area contributed by atoms with Gasteiger partial charge in [-0.15, -0.1) is 22.7 Å². The Labute approximate surface area is 154 Å². The van der Waals surface area contributed by atoms with Crippen molar-refractivity contribution in [1.29, 1.82) is 0 Å². The predicted octanol–water partition coefficient (Wildman–Crippen LogP) is 5.17. The van der Waals surface area contributed by atoms with Crippen molar-refractivity contribution in [3.05, 3.63) is 57.0 Å². The first kappa shape index (κ1) is 17.5. The van der Waals surface area contributed by atoms with E-state index in [4.69, 9.17) is 0 Å². The van der Waals surface area contributed by atoms with Crippen LogP contribution >= 0.6 is 22.7 Å². The first-order valence-corrected chi connectivity index (χ1v) is 9.77. The van der Waals surface area contributed by atoms with Crippen LogP contribution in [0.3, 0.4) is 0 Å². The van der Waals surface area contributed by atoms with Gasteiger partial charge >= 0.3 is 0 Å². The lowest BCUT2D eigenvalue weighted by Crippen LogP contribution is -2.11. The van der Waals surface area contributed by atoms with Crippen LogP contribution in [0.1, 0.15) is 33.9 Å². The second-order valence-corrected chi connectivity index (χ2v) is 7.64. The fraction of sp³-hybridized carbons (Fsp3) is 0.211. The number of aryl methyl sites for hydroxylation is 1. The molecule has 0 radical (unpaired) electrons. The van der Waals surface area contributed by atoms with E-state index in [1.54, 1.807) is 11.3 Å². The molecule has 0 fully saturated rings. The van der Waals surface area contributed by atoms with Gasteiger partial charge in [-0.1, -0.05) is 18.2 Å². The van der Waals surface area contributed by atoms with Gasteiger partial charge in [0.1, 0.15) is 0 Å². The van der Waals surface area contributed by atoms with Crippen LogP contribution in [-0.2, 0) is 4.79 Å². The van der Waals surface area contributed by atoms with Crippen LogP contribution in [0, 0.1) is 6.92 Å². The fourth-order valence-corrected chi connectivity index (χ4v) is 3.73. The molecule has 0 saturated carbocycles. The van der Waals surface area contributed by atoms with E-state index < -0.39 is 0 Å². The second kappa shape index (κ2) is 8.18. The van der Waals surface area contributed by atoms with E-state index >= 15 is 0 Å². The largest absolute Gasteiger partial charge is 0.326 e. The third-order valence-electron chi connectivity index (χ3n) is 3.69. The highest BCUT2D eigenvalue weighted by Crippen LogP contribution is 2.23.